The summed E-state index contributed by atoms with van der Waals surface area (Å²) < 4.78 is 0. The van der Waals surface area contributed by atoms with Gasteiger partial charge in [-0.15, -0.1) is 0 Å². The van der Waals surface area contributed by atoms with Gasteiger partial charge in [0.05, 0.1) is 5.57 Å². The van der Waals surface area contributed by atoms with Gasteiger partial charge in [0.1, 0.15) is 0 Å². The van der Waals surface area contributed by atoms with Crippen molar-refractivity contribution in [1.29, 1.82) is 0 Å². The van der Waals surface area contributed by atoms with Gasteiger partial charge in [0, 0.05) is 25.9 Å². The van der Waals surface area contributed by atoms with E-state index in [9.17, 15) is 9.59 Å². The van der Waals surface area contributed by atoms with Crippen LogP contribution in [0.3, 0.4) is 0 Å². The quantitative estimate of drug-likeness (QED) is 0.125. The topological polar surface area (TPSA) is 37.4 Å². The maximum absolute atomic E-state index is 12.6. The highest BCUT2D eigenvalue weighted by Gasteiger charge is 2.16. The molecular formula is C23H39NO2. The molecule has 0 bridgehead atoms. The summed E-state index contributed by atoms with van der Waals surface area (Å²) in [6, 6.07) is 0. The van der Waals surface area contributed by atoms with Crippen LogP contribution in [0, 0.1) is 0 Å². The lowest BCUT2D eigenvalue weighted by atomic mass is 9.97. The molecular weight excluding hydrogens is 322 g/mol. The molecule has 3 nitrogen and oxygen atoms in total. The maximum Gasteiger partial charge on any atom is 0.166 e. The van der Waals surface area contributed by atoms with Crippen molar-refractivity contribution in [1.82, 2.24) is 4.90 Å². The lowest BCUT2D eigenvalue weighted by molar-refractivity contribution is -0.121. The third-order valence-electron chi connectivity index (χ3n) is 5.07. The molecule has 1 saturated heterocycles. The number of carbonyl (C=O) groups excluding carboxylic acids is 2. The Morgan fingerprint density at radius 3 is 1.81 bits per heavy atom. The number of unbranched alkanes of at least 4 members (excludes halogenated alkanes) is 6. The van der Waals surface area contributed by atoms with Gasteiger partial charge in [0.2, 0.25) is 0 Å². The van der Waals surface area contributed by atoms with Gasteiger partial charge in [0.15, 0.2) is 11.6 Å². The Balaban J connectivity index is 2.62. The minimum Gasteiger partial charge on any atom is -0.377 e. The van der Waals surface area contributed by atoms with Crippen LogP contribution >= 0.6 is 0 Å². The van der Waals surface area contributed by atoms with Crippen LogP contribution in [-0.2, 0) is 9.59 Å². The van der Waals surface area contributed by atoms with E-state index < -0.39 is 0 Å². The zero-order chi connectivity index (χ0) is 19.0. The zero-order valence-electron chi connectivity index (χ0n) is 17.1. The largest absolute Gasteiger partial charge is 0.377 e. The Kier molecular flexibility index (Phi) is 12.9. The molecule has 148 valence electrons. The average Bonchev–Trinajstić information content (AvgIpc) is 2.66. The molecule has 0 unspecified atom stereocenters. The van der Waals surface area contributed by atoms with Gasteiger partial charge in [-0.05, 0) is 50.5 Å². The van der Waals surface area contributed by atoms with Gasteiger partial charge in [-0.3, -0.25) is 9.59 Å². The summed E-state index contributed by atoms with van der Waals surface area (Å²) in [5, 5.41) is 0. The van der Waals surface area contributed by atoms with Crippen LogP contribution in [0.15, 0.2) is 23.9 Å². The number of hydrogen-bond donors (Lipinski definition) is 0. The lowest BCUT2D eigenvalue weighted by Gasteiger charge is -2.24. The number of carbonyl (C=O) groups is 2. The molecule has 26 heavy (non-hydrogen) atoms. The van der Waals surface area contributed by atoms with Crippen molar-refractivity contribution in [3.63, 3.8) is 0 Å². The van der Waals surface area contributed by atoms with Crippen molar-refractivity contribution < 1.29 is 9.59 Å². The van der Waals surface area contributed by atoms with E-state index in [1.165, 1.54) is 19.3 Å². The number of likely N-dealkylation sites (tertiary alicyclic amines) is 1. The first-order chi connectivity index (χ1) is 12.7. The van der Waals surface area contributed by atoms with Gasteiger partial charge >= 0.3 is 0 Å². The molecule has 3 heteroatoms. The van der Waals surface area contributed by atoms with E-state index in [1.54, 1.807) is 6.08 Å². The second-order valence-corrected chi connectivity index (χ2v) is 7.49. The molecule has 0 aromatic rings. The second kappa shape index (κ2) is 14.8. The van der Waals surface area contributed by atoms with Crippen LogP contribution < -0.4 is 0 Å². The Hall–Kier alpha value is -1.38. The molecule has 1 fully saturated rings. The van der Waals surface area contributed by atoms with Crippen LogP contribution in [0.2, 0.25) is 0 Å². The maximum atomic E-state index is 12.6. The SMILES string of the molecule is CCCCCCC(=O)C(=C/C=C/N1CCCCC1)C(=O)CCCCCC. The van der Waals surface area contributed by atoms with Gasteiger partial charge < -0.3 is 4.90 Å². The standard InChI is InChI=1S/C23H39NO2/c1-3-5-7-10-16-22(25)21(23(26)17-11-8-6-4-2)15-14-20-24-18-12-9-13-19-24/h14-15,20H,3-13,16-19H2,1-2H3/b20-14+. The highest BCUT2D eigenvalue weighted by Crippen LogP contribution is 2.14. The van der Waals surface area contributed by atoms with E-state index in [2.05, 4.69) is 18.7 Å². The van der Waals surface area contributed by atoms with E-state index in [0.29, 0.717) is 18.4 Å². The number of rotatable bonds is 14. The molecule has 0 spiro atoms. The molecule has 0 aromatic heterocycles. The van der Waals surface area contributed by atoms with Gasteiger partial charge in [0.25, 0.3) is 0 Å². The Morgan fingerprint density at radius 1 is 0.769 bits per heavy atom. The van der Waals surface area contributed by atoms with E-state index in [0.717, 1.165) is 64.5 Å². The summed E-state index contributed by atoms with van der Waals surface area (Å²) >= 11 is 0. The molecule has 0 atom stereocenters. The molecule has 1 aliphatic heterocycles. The first kappa shape index (κ1) is 22.7. The number of allylic oxidation sites excluding steroid dienone is 3. The molecule has 1 heterocycles. The first-order valence-corrected chi connectivity index (χ1v) is 10.9. The molecule has 0 aromatic carbocycles. The lowest BCUT2D eigenvalue weighted by Crippen LogP contribution is -2.24. The number of Topliss-reactive ketones (excluding diaryl/α,β-unsaturated/α-hetero) is 2. The minimum absolute atomic E-state index is 0.0323. The predicted molar refractivity (Wildman–Crippen MR) is 110 cm³/mol. The highest BCUT2D eigenvalue weighted by molar-refractivity contribution is 6.20. The number of nitrogens with zero attached hydrogens (tertiary/aromatic N) is 1. The molecule has 0 radical (unpaired) electrons. The van der Waals surface area contributed by atoms with Crippen molar-refractivity contribution in [2.24, 2.45) is 0 Å². The average molecular weight is 362 g/mol. The molecule has 0 aliphatic carbocycles. The normalized spacial score (nSPS) is 14.6. The predicted octanol–water partition coefficient (Wildman–Crippen LogP) is 5.99. The second-order valence-electron chi connectivity index (χ2n) is 7.49. The zero-order valence-corrected chi connectivity index (χ0v) is 17.1. The highest BCUT2D eigenvalue weighted by atomic mass is 16.1. The fourth-order valence-electron chi connectivity index (χ4n) is 3.36. The summed E-state index contributed by atoms with van der Waals surface area (Å²) in [5.74, 6) is 0.0646. The number of ketones is 2. The monoisotopic (exact) mass is 361 g/mol. The van der Waals surface area contributed by atoms with E-state index >= 15 is 0 Å². The summed E-state index contributed by atoms with van der Waals surface area (Å²) in [6.45, 7) is 6.49. The summed E-state index contributed by atoms with van der Waals surface area (Å²) in [7, 11) is 0. The molecule has 0 saturated carbocycles. The van der Waals surface area contributed by atoms with E-state index in [4.69, 9.17) is 0 Å². The number of piperidine rings is 1. The minimum atomic E-state index is 0.0323. The van der Waals surface area contributed by atoms with Gasteiger partial charge in [-0.25, -0.2) is 0 Å². The smallest absolute Gasteiger partial charge is 0.166 e. The van der Waals surface area contributed by atoms with Crippen molar-refractivity contribution in [2.75, 3.05) is 13.1 Å². The third-order valence-corrected chi connectivity index (χ3v) is 5.07. The molecule has 1 rings (SSSR count). The van der Waals surface area contributed by atoms with Gasteiger partial charge in [-0.1, -0.05) is 52.4 Å². The fraction of sp³-hybridized carbons (Fsp3) is 0.739. The Bertz CT molecular complexity index is 433. The Morgan fingerprint density at radius 2 is 1.31 bits per heavy atom. The van der Waals surface area contributed by atoms with Crippen molar-refractivity contribution in [3.05, 3.63) is 23.9 Å². The fourth-order valence-corrected chi connectivity index (χ4v) is 3.36. The molecule has 1 aliphatic rings. The van der Waals surface area contributed by atoms with E-state index in [-0.39, 0.29) is 11.6 Å². The molecule has 0 N–H and O–H groups in total. The van der Waals surface area contributed by atoms with Crippen molar-refractivity contribution in [2.45, 2.75) is 97.3 Å². The van der Waals surface area contributed by atoms with Crippen LogP contribution in [0.25, 0.3) is 0 Å². The van der Waals surface area contributed by atoms with Crippen LogP contribution in [0.4, 0.5) is 0 Å². The van der Waals surface area contributed by atoms with Gasteiger partial charge in [-0.2, -0.15) is 0 Å². The van der Waals surface area contributed by atoms with E-state index in [1.807, 2.05) is 12.3 Å². The summed E-state index contributed by atoms with van der Waals surface area (Å²) in [4.78, 5) is 27.5. The van der Waals surface area contributed by atoms with Crippen molar-refractivity contribution in [3.8, 4) is 0 Å². The summed E-state index contributed by atoms with van der Waals surface area (Å²) in [5.41, 5.74) is 0.422. The first-order valence-electron chi connectivity index (χ1n) is 10.9. The molecule has 0 amide bonds. The van der Waals surface area contributed by atoms with Crippen LogP contribution in [0.1, 0.15) is 97.3 Å². The third kappa shape index (κ3) is 9.94. The number of hydrogen-bond acceptors (Lipinski definition) is 3. The van der Waals surface area contributed by atoms with Crippen molar-refractivity contribution >= 4 is 11.6 Å². The van der Waals surface area contributed by atoms with Crippen LogP contribution in [-0.4, -0.2) is 29.6 Å². The summed E-state index contributed by atoms with van der Waals surface area (Å²) in [6.07, 6.45) is 19.1. The van der Waals surface area contributed by atoms with Crippen LogP contribution in [0.5, 0.6) is 0 Å². The Labute approximate surface area is 160 Å².